The number of aliphatic hydroxyl groups excluding tert-OH is 1. The van der Waals surface area contributed by atoms with Gasteiger partial charge in [-0.25, -0.2) is 0 Å². The van der Waals surface area contributed by atoms with Crippen LogP contribution in [0.5, 0.6) is 11.5 Å². The predicted octanol–water partition coefficient (Wildman–Crippen LogP) is 3.20. The Kier molecular flexibility index (Phi) is 9.86. The third-order valence-corrected chi connectivity index (χ3v) is 3.73. The Morgan fingerprint density at radius 1 is 0.960 bits per heavy atom. The van der Waals surface area contributed by atoms with Crippen LogP contribution in [0.15, 0.2) is 18.2 Å². The van der Waals surface area contributed by atoms with Gasteiger partial charge in [0.05, 0.1) is 26.9 Å². The van der Waals surface area contributed by atoms with Gasteiger partial charge in [-0.05, 0) is 17.9 Å². The molecule has 0 heterocycles. The molecule has 0 aliphatic heterocycles. The zero-order valence-corrected chi connectivity index (χ0v) is 16.6. The van der Waals surface area contributed by atoms with E-state index in [9.17, 15) is 5.11 Å². The second-order valence-electron chi connectivity index (χ2n) is 7.33. The molecule has 1 rings (SSSR count). The van der Waals surface area contributed by atoms with Gasteiger partial charge in [0.25, 0.3) is 0 Å². The Bertz CT molecular complexity index is 491. The summed E-state index contributed by atoms with van der Waals surface area (Å²) in [6.45, 7) is 11.7. The molecule has 0 bridgehead atoms. The summed E-state index contributed by atoms with van der Waals surface area (Å²) in [6, 6.07) is 5.90. The molecule has 0 aliphatic carbocycles. The number of para-hydroxylation sites is 1. The Morgan fingerprint density at radius 3 is 2.24 bits per heavy atom. The minimum atomic E-state index is -0.505. The average Bonchev–Trinajstić information content (AvgIpc) is 2.53. The third-order valence-electron chi connectivity index (χ3n) is 3.73. The van der Waals surface area contributed by atoms with Gasteiger partial charge in [-0.2, -0.15) is 0 Å². The van der Waals surface area contributed by atoms with E-state index in [1.807, 2.05) is 18.2 Å². The summed E-state index contributed by atoms with van der Waals surface area (Å²) in [4.78, 5) is 2.24. The molecule has 0 aliphatic rings. The zero-order valence-electron chi connectivity index (χ0n) is 16.6. The molecule has 1 aromatic carbocycles. The molecule has 0 spiro atoms. The highest BCUT2D eigenvalue weighted by Crippen LogP contribution is 2.31. The first-order chi connectivity index (χ1) is 11.9. The summed E-state index contributed by atoms with van der Waals surface area (Å²) < 4.78 is 16.5. The molecule has 25 heavy (non-hydrogen) atoms. The van der Waals surface area contributed by atoms with Crippen LogP contribution in [0.2, 0.25) is 0 Å². The number of ether oxygens (including phenoxy) is 3. The summed E-state index contributed by atoms with van der Waals surface area (Å²) in [5.74, 6) is 2.45. The van der Waals surface area contributed by atoms with Crippen molar-refractivity contribution in [2.24, 2.45) is 11.8 Å². The quantitative estimate of drug-likeness (QED) is 0.625. The van der Waals surface area contributed by atoms with Gasteiger partial charge in [0.15, 0.2) is 11.5 Å². The summed E-state index contributed by atoms with van der Waals surface area (Å²) in [7, 11) is 3.30. The maximum absolute atomic E-state index is 10.3. The first-order valence-corrected chi connectivity index (χ1v) is 9.05. The minimum Gasteiger partial charge on any atom is -0.493 e. The minimum absolute atomic E-state index is 0.363. The zero-order chi connectivity index (χ0) is 18.8. The normalized spacial score (nSPS) is 12.9. The van der Waals surface area contributed by atoms with E-state index >= 15 is 0 Å². The lowest BCUT2D eigenvalue weighted by Gasteiger charge is -2.27. The van der Waals surface area contributed by atoms with Crippen LogP contribution in [-0.4, -0.2) is 56.6 Å². The Labute approximate surface area is 152 Å². The summed E-state index contributed by atoms with van der Waals surface area (Å²) in [6.07, 6.45) is -0.505. The molecule has 0 fully saturated rings. The number of methoxy groups -OCH3 is 2. The molecule has 0 saturated heterocycles. The number of hydrogen-bond acceptors (Lipinski definition) is 5. The molecule has 1 atom stereocenters. The van der Waals surface area contributed by atoms with Crippen molar-refractivity contribution in [3.8, 4) is 11.5 Å². The Hall–Kier alpha value is -1.30. The lowest BCUT2D eigenvalue weighted by Crippen LogP contribution is -2.37. The van der Waals surface area contributed by atoms with Gasteiger partial charge in [-0.15, -0.1) is 0 Å². The van der Waals surface area contributed by atoms with E-state index in [2.05, 4.69) is 32.6 Å². The van der Waals surface area contributed by atoms with Gasteiger partial charge >= 0.3 is 0 Å². The molecule has 0 radical (unpaired) electrons. The second-order valence-corrected chi connectivity index (χ2v) is 7.33. The van der Waals surface area contributed by atoms with E-state index in [-0.39, 0.29) is 0 Å². The van der Waals surface area contributed by atoms with Crippen LogP contribution in [-0.2, 0) is 11.3 Å². The van der Waals surface area contributed by atoms with E-state index in [4.69, 9.17) is 14.2 Å². The fraction of sp³-hybridized carbons (Fsp3) is 0.700. The van der Waals surface area contributed by atoms with Gasteiger partial charge in [0, 0.05) is 31.8 Å². The lowest BCUT2D eigenvalue weighted by molar-refractivity contribution is 0.00512. The number of rotatable bonds is 12. The molecular formula is C20H35NO4. The predicted molar refractivity (Wildman–Crippen MR) is 101 cm³/mol. The van der Waals surface area contributed by atoms with Crippen LogP contribution in [0.25, 0.3) is 0 Å². The highest BCUT2D eigenvalue weighted by Gasteiger charge is 2.17. The van der Waals surface area contributed by atoms with Crippen LogP contribution in [0, 0.1) is 11.8 Å². The van der Waals surface area contributed by atoms with E-state index in [1.165, 1.54) is 0 Å². The largest absolute Gasteiger partial charge is 0.493 e. The highest BCUT2D eigenvalue weighted by atomic mass is 16.5. The number of nitrogens with zero attached hydrogens (tertiary/aromatic N) is 1. The third kappa shape index (κ3) is 8.08. The maximum atomic E-state index is 10.3. The molecule has 1 N–H and O–H groups in total. The van der Waals surface area contributed by atoms with Crippen molar-refractivity contribution in [3.63, 3.8) is 0 Å². The van der Waals surface area contributed by atoms with Crippen LogP contribution in [0.3, 0.4) is 0 Å². The molecule has 5 nitrogen and oxygen atoms in total. The molecule has 144 valence electrons. The first-order valence-electron chi connectivity index (χ1n) is 9.05. The van der Waals surface area contributed by atoms with Gasteiger partial charge in [0.1, 0.15) is 0 Å². The SMILES string of the molecule is COc1cccc(CN(CC(C)C)CC(O)COCC(C)C)c1OC. The lowest BCUT2D eigenvalue weighted by atomic mass is 10.1. The monoisotopic (exact) mass is 353 g/mol. The molecule has 1 aromatic rings. The van der Waals surface area contributed by atoms with Gasteiger partial charge < -0.3 is 19.3 Å². The number of aliphatic hydroxyl groups is 1. The number of hydrogen-bond donors (Lipinski definition) is 1. The van der Waals surface area contributed by atoms with Crippen LogP contribution < -0.4 is 9.47 Å². The smallest absolute Gasteiger partial charge is 0.165 e. The van der Waals surface area contributed by atoms with Gasteiger partial charge in [0.2, 0.25) is 0 Å². The topological polar surface area (TPSA) is 51.2 Å². The van der Waals surface area contributed by atoms with E-state index < -0.39 is 6.10 Å². The Balaban J connectivity index is 2.76. The highest BCUT2D eigenvalue weighted by molar-refractivity contribution is 5.46. The van der Waals surface area contributed by atoms with E-state index in [1.54, 1.807) is 14.2 Å². The standard InChI is InChI=1S/C20H35NO4/c1-15(2)10-21(12-18(22)14-25-13-16(3)4)11-17-8-7-9-19(23-5)20(17)24-6/h7-9,15-16,18,22H,10-14H2,1-6H3. The van der Waals surface area contributed by atoms with Crippen molar-refractivity contribution >= 4 is 0 Å². The van der Waals surface area contributed by atoms with Gasteiger partial charge in [-0.3, -0.25) is 4.90 Å². The molecule has 0 amide bonds. The molecule has 1 unspecified atom stereocenters. The van der Waals surface area contributed by atoms with Crippen molar-refractivity contribution in [2.45, 2.75) is 40.3 Å². The van der Waals surface area contributed by atoms with Crippen LogP contribution in [0.4, 0.5) is 0 Å². The fourth-order valence-electron chi connectivity index (χ4n) is 2.83. The van der Waals surface area contributed by atoms with Crippen molar-refractivity contribution in [1.29, 1.82) is 0 Å². The average molecular weight is 354 g/mol. The fourth-order valence-corrected chi connectivity index (χ4v) is 2.83. The van der Waals surface area contributed by atoms with Crippen LogP contribution in [0.1, 0.15) is 33.3 Å². The van der Waals surface area contributed by atoms with Crippen molar-refractivity contribution in [3.05, 3.63) is 23.8 Å². The molecule has 0 saturated carbocycles. The first kappa shape index (κ1) is 21.7. The molecule has 0 aromatic heterocycles. The summed E-state index contributed by atoms with van der Waals surface area (Å²) in [5, 5.41) is 10.3. The van der Waals surface area contributed by atoms with Crippen molar-refractivity contribution in [2.75, 3.05) is 40.5 Å². The summed E-state index contributed by atoms with van der Waals surface area (Å²) >= 11 is 0. The van der Waals surface area contributed by atoms with Crippen LogP contribution >= 0.6 is 0 Å². The van der Waals surface area contributed by atoms with Gasteiger partial charge in [-0.1, -0.05) is 39.8 Å². The van der Waals surface area contributed by atoms with Crippen molar-refractivity contribution in [1.82, 2.24) is 4.90 Å². The van der Waals surface area contributed by atoms with E-state index in [0.29, 0.717) is 38.1 Å². The van der Waals surface area contributed by atoms with E-state index in [0.717, 1.165) is 23.6 Å². The Morgan fingerprint density at radius 2 is 1.68 bits per heavy atom. The molecule has 5 heteroatoms. The molecular weight excluding hydrogens is 318 g/mol. The number of benzene rings is 1. The maximum Gasteiger partial charge on any atom is 0.165 e. The van der Waals surface area contributed by atoms with Crippen molar-refractivity contribution < 1.29 is 19.3 Å². The summed E-state index contributed by atoms with van der Waals surface area (Å²) in [5.41, 5.74) is 1.05. The second kappa shape index (κ2) is 11.3.